The Morgan fingerprint density at radius 2 is 0.733 bits per heavy atom. The summed E-state index contributed by atoms with van der Waals surface area (Å²) in [5.74, 6) is 0.600. The van der Waals surface area contributed by atoms with Crippen LogP contribution in [0.15, 0.2) is 170 Å². The van der Waals surface area contributed by atoms with Gasteiger partial charge in [0.05, 0.1) is 0 Å². The first-order valence-electron chi connectivity index (χ1n) is 19.5. The zero-order chi connectivity index (χ0) is 40.1. The molecule has 4 aliphatic rings. The van der Waals surface area contributed by atoms with Gasteiger partial charge in [-0.1, -0.05) is 0 Å². The third-order valence-corrected chi connectivity index (χ3v) is 32.9. The molecule has 4 heterocycles. The molecule has 0 atom stereocenters. The quantitative estimate of drug-likeness (QED) is 0.0999. The number of fused-ring (bicyclic) bond motifs is 5. The summed E-state index contributed by atoms with van der Waals surface area (Å²) < 4.78 is 19.2. The van der Waals surface area contributed by atoms with Gasteiger partial charge >= 0.3 is 370 Å². The van der Waals surface area contributed by atoms with E-state index in [4.69, 9.17) is 52.0 Å². The number of hydrogen-bond donors (Lipinski definition) is 0. The minimum absolute atomic E-state index is 0.115. The van der Waals surface area contributed by atoms with E-state index in [0.717, 1.165) is 82.5 Å². The number of rotatable bonds is 3. The predicted molar refractivity (Wildman–Crippen MR) is 251 cm³/mol. The topological polar surface area (TPSA) is 28.2 Å². The summed E-state index contributed by atoms with van der Waals surface area (Å²) in [6.45, 7) is 0. The number of anilines is 9. The first-order valence-corrected chi connectivity index (χ1v) is 29.1. The van der Waals surface area contributed by atoms with Crippen LogP contribution in [-0.4, -0.2) is 19.7 Å². The Hall–Kier alpha value is -5.46. The fraction of sp³-hybridized carbons (Fsp3) is 0. The van der Waals surface area contributed by atoms with Crippen molar-refractivity contribution in [2.75, 3.05) is 14.7 Å². The van der Waals surface area contributed by atoms with Gasteiger partial charge in [-0.2, -0.15) is 0 Å². The van der Waals surface area contributed by atoms with Crippen molar-refractivity contribution in [1.29, 1.82) is 0 Å². The Balaban J connectivity index is 1.36. The van der Waals surface area contributed by atoms with Crippen molar-refractivity contribution in [2.45, 2.75) is 0 Å². The van der Waals surface area contributed by atoms with Crippen LogP contribution < -0.4 is 30.1 Å². The average Bonchev–Trinajstić information content (AvgIpc) is 3.65. The predicted octanol–water partition coefficient (Wildman–Crippen LogP) is 13.8. The summed E-state index contributed by atoms with van der Waals surface area (Å²) in [7, 11) is 0. The van der Waals surface area contributed by atoms with E-state index in [9.17, 15) is 0 Å². The fourth-order valence-corrected chi connectivity index (χ4v) is 34.2. The number of benzene rings is 9. The number of nitrogens with zero attached hydrogens (tertiary/aromatic N) is 3. The Kier molecular flexibility index (Phi) is 7.25. The molecule has 0 radical (unpaired) electrons. The van der Waals surface area contributed by atoms with E-state index >= 15 is 0 Å². The van der Waals surface area contributed by atoms with Gasteiger partial charge in [0.2, 0.25) is 0 Å². The monoisotopic (exact) mass is 1050 g/mol. The van der Waals surface area contributed by atoms with Gasteiger partial charge in [0.1, 0.15) is 0 Å². The number of para-hydroxylation sites is 3. The molecule has 9 aromatic rings. The molecule has 4 aliphatic heterocycles. The van der Waals surface area contributed by atoms with Gasteiger partial charge in [-0.15, -0.1) is 0 Å². The molecule has 13 rings (SSSR count). The molecule has 1 spiro atoms. The number of halogens is 4. The Morgan fingerprint density at radius 3 is 1.17 bits per heavy atom. The summed E-state index contributed by atoms with van der Waals surface area (Å²) in [6.07, 6.45) is 0. The normalized spacial score (nSPS) is 16.2. The summed E-state index contributed by atoms with van der Waals surface area (Å²) >= 11 is 22.0. The Labute approximate surface area is 367 Å². The molecular weight excluding hydrogens is 1030 g/mol. The molecule has 0 aromatic heterocycles. The third kappa shape index (κ3) is 4.19. The standard InChI is InChI=1S/C44H28N3.C6H2Cl4O2.Bi/c1-4-17-34(18-5-1)45-37-23-14-24-38(29-37)46(35-19-6-2-7-20-35)40-28-33-16-11-13-26-42(33)44(31-40)47(36-21-8-3-9-22-36)43-30-39(45)27-32-15-10-12-25-41(32)43;7-1-2(8)4(10)6(12)5(11)3(1)9;/h1-28H;11-12H;/q;;+2/p-2. The molecule has 0 aliphatic carbocycles. The molecule has 10 heteroatoms. The van der Waals surface area contributed by atoms with E-state index in [1.165, 1.54) is 0 Å². The molecule has 288 valence electrons. The van der Waals surface area contributed by atoms with E-state index in [1.807, 2.05) is 12.1 Å². The van der Waals surface area contributed by atoms with Crippen LogP contribution in [0.3, 0.4) is 0 Å². The molecule has 0 unspecified atom stereocenters. The Morgan fingerprint density at radius 1 is 0.350 bits per heavy atom. The van der Waals surface area contributed by atoms with Gasteiger partial charge in [0.15, 0.2) is 0 Å². The second kappa shape index (κ2) is 12.3. The molecule has 0 saturated heterocycles. The van der Waals surface area contributed by atoms with Crippen molar-refractivity contribution in [1.82, 2.24) is 0 Å². The molecule has 0 N–H and O–H groups in total. The molecule has 5 nitrogen and oxygen atoms in total. The zero-order valence-corrected chi connectivity index (χ0v) is 37.8. The van der Waals surface area contributed by atoms with E-state index in [2.05, 4.69) is 172 Å². The number of hydrogen-bond acceptors (Lipinski definition) is 5. The van der Waals surface area contributed by atoms with Crippen LogP contribution in [0, 0.1) is 0 Å². The van der Waals surface area contributed by atoms with Crippen LogP contribution in [0.4, 0.5) is 51.2 Å². The fourth-order valence-electron chi connectivity index (χ4n) is 10.1. The van der Waals surface area contributed by atoms with Crippen molar-refractivity contribution in [3.05, 3.63) is 190 Å². The molecule has 0 saturated carbocycles. The molecule has 60 heavy (non-hydrogen) atoms. The first kappa shape index (κ1) is 35.3. The molecule has 0 fully saturated rings. The van der Waals surface area contributed by atoms with Gasteiger partial charge < -0.3 is 0 Å². The van der Waals surface area contributed by atoms with Crippen LogP contribution in [0.1, 0.15) is 0 Å². The van der Waals surface area contributed by atoms with Crippen molar-refractivity contribution >= 4 is 149 Å². The summed E-state index contributed by atoms with van der Waals surface area (Å²) in [6, 6.07) is 59.9. The maximum atomic E-state index is 8.16. The molecule has 0 bridgehead atoms. The Bertz CT molecular complexity index is 3170. The SMILES string of the molecule is Clc1c(Cl)c(Cl)c2c(c1Cl)[O][Bi]13([O]2)[c]2c4cccc2N(c2ccccc2)c2cc5ccccc5c([c]21)N(c1ccccc1)c1[c]3c(cc2ccccc12)N4c1ccccc1. The van der Waals surface area contributed by atoms with Crippen molar-refractivity contribution < 1.29 is 5.63 Å². The van der Waals surface area contributed by atoms with Crippen LogP contribution in [-0.2, 0) is 0 Å². The molecule has 9 aromatic carbocycles. The minimum atomic E-state index is -6.50. The van der Waals surface area contributed by atoms with E-state index in [1.54, 1.807) is 0 Å². The van der Waals surface area contributed by atoms with E-state index < -0.39 is 19.7 Å². The first-order chi connectivity index (χ1) is 29.4. The molecular formula is C50H28BiCl4N3O2. The van der Waals surface area contributed by atoms with E-state index in [-0.39, 0.29) is 20.1 Å². The second-order valence-electron chi connectivity index (χ2n) is 15.3. The average molecular weight is 1050 g/mol. The van der Waals surface area contributed by atoms with Crippen molar-refractivity contribution in [2.24, 2.45) is 0 Å². The van der Waals surface area contributed by atoms with Crippen molar-refractivity contribution in [3.8, 4) is 11.5 Å². The summed E-state index contributed by atoms with van der Waals surface area (Å²) in [5, 5.41) is 4.77. The van der Waals surface area contributed by atoms with Gasteiger partial charge in [0.25, 0.3) is 0 Å². The van der Waals surface area contributed by atoms with Crippen LogP contribution in [0.25, 0.3) is 21.5 Å². The van der Waals surface area contributed by atoms with Crippen molar-refractivity contribution in [3.63, 3.8) is 0 Å². The summed E-state index contributed by atoms with van der Waals surface area (Å²) in [4.78, 5) is 7.19. The molecule has 0 amide bonds. The summed E-state index contributed by atoms with van der Waals surface area (Å²) in [5.41, 5.74) is 8.70. The maximum absolute atomic E-state index is 8.16. The van der Waals surface area contributed by atoms with Gasteiger partial charge in [-0.05, 0) is 0 Å². The van der Waals surface area contributed by atoms with Crippen LogP contribution in [0.5, 0.6) is 11.5 Å². The van der Waals surface area contributed by atoms with E-state index in [0.29, 0.717) is 11.5 Å². The second-order valence-corrected chi connectivity index (χ2v) is 30.9. The van der Waals surface area contributed by atoms with Gasteiger partial charge in [-0.3, -0.25) is 0 Å². The van der Waals surface area contributed by atoms with Crippen LogP contribution >= 0.6 is 46.4 Å². The van der Waals surface area contributed by atoms with Gasteiger partial charge in [-0.25, -0.2) is 0 Å². The van der Waals surface area contributed by atoms with Crippen LogP contribution in [0.2, 0.25) is 20.1 Å². The van der Waals surface area contributed by atoms with Gasteiger partial charge in [0, 0.05) is 0 Å². The third-order valence-electron chi connectivity index (χ3n) is 12.3. The zero-order valence-electron chi connectivity index (χ0n) is 31.3.